The zero-order chi connectivity index (χ0) is 14.2. The highest BCUT2D eigenvalue weighted by Crippen LogP contribution is 2.38. The minimum absolute atomic E-state index is 0.0656. The summed E-state index contributed by atoms with van der Waals surface area (Å²) in [6, 6.07) is 3.35. The normalized spacial score (nSPS) is 18.5. The van der Waals surface area contributed by atoms with Crippen LogP contribution in [-0.4, -0.2) is 23.7 Å². The number of carbonyl (C=O) groups is 1. The van der Waals surface area contributed by atoms with Gasteiger partial charge < -0.3 is 10.0 Å². The summed E-state index contributed by atoms with van der Waals surface area (Å²) in [7, 11) is 0. The van der Waals surface area contributed by atoms with E-state index >= 15 is 0 Å². The summed E-state index contributed by atoms with van der Waals surface area (Å²) in [5.41, 5.74) is 0.588. The van der Waals surface area contributed by atoms with E-state index in [1.807, 2.05) is 6.92 Å². The molecule has 0 radical (unpaired) electrons. The lowest BCUT2D eigenvalue weighted by atomic mass is 10.1. The van der Waals surface area contributed by atoms with E-state index in [1.165, 1.54) is 6.07 Å². The van der Waals surface area contributed by atoms with Gasteiger partial charge in [0.25, 0.3) is 0 Å². The van der Waals surface area contributed by atoms with Crippen LogP contribution in [-0.2, 0) is 17.4 Å². The zero-order valence-corrected chi connectivity index (χ0v) is 10.4. The van der Waals surface area contributed by atoms with Crippen molar-refractivity contribution in [2.24, 2.45) is 0 Å². The molecule has 0 bridgehead atoms. The number of hydrogen-bond acceptors (Lipinski definition) is 2. The zero-order valence-electron chi connectivity index (χ0n) is 10.4. The first-order valence-corrected chi connectivity index (χ1v) is 6.01. The number of carboxylic acids is 1. The highest BCUT2D eigenvalue weighted by atomic mass is 19.4. The van der Waals surface area contributed by atoms with Gasteiger partial charge in [0, 0.05) is 18.3 Å². The Balaban J connectivity index is 2.34. The Labute approximate surface area is 108 Å². The molecule has 0 spiro atoms. The van der Waals surface area contributed by atoms with Crippen molar-refractivity contribution < 1.29 is 23.1 Å². The van der Waals surface area contributed by atoms with Crippen molar-refractivity contribution in [1.82, 2.24) is 0 Å². The first kappa shape index (κ1) is 13.7. The molecule has 104 valence electrons. The van der Waals surface area contributed by atoms with Gasteiger partial charge in [-0.05, 0) is 31.0 Å². The smallest absolute Gasteiger partial charge is 0.416 e. The van der Waals surface area contributed by atoms with Crippen LogP contribution in [0, 0.1) is 0 Å². The van der Waals surface area contributed by atoms with Gasteiger partial charge in [0.05, 0.1) is 12.0 Å². The molecular weight excluding hydrogens is 259 g/mol. The summed E-state index contributed by atoms with van der Waals surface area (Å²) < 4.78 is 38.0. The molecular formula is C13H14F3NO2. The highest BCUT2D eigenvalue weighted by Gasteiger charge is 2.35. The average Bonchev–Trinajstić information content (AvgIpc) is 2.62. The number of nitrogens with zero attached hydrogens (tertiary/aromatic N) is 1. The van der Waals surface area contributed by atoms with Gasteiger partial charge in [-0.3, -0.25) is 4.79 Å². The fourth-order valence-corrected chi connectivity index (χ4v) is 2.55. The quantitative estimate of drug-likeness (QED) is 0.920. The molecule has 1 atom stereocenters. The number of rotatable bonds is 3. The average molecular weight is 273 g/mol. The van der Waals surface area contributed by atoms with Crippen LogP contribution < -0.4 is 4.90 Å². The van der Waals surface area contributed by atoms with Gasteiger partial charge in [0.1, 0.15) is 0 Å². The molecule has 1 heterocycles. The minimum Gasteiger partial charge on any atom is -0.481 e. The van der Waals surface area contributed by atoms with Gasteiger partial charge in [0.15, 0.2) is 0 Å². The summed E-state index contributed by atoms with van der Waals surface area (Å²) in [5.74, 6) is -0.938. The monoisotopic (exact) mass is 273 g/mol. The third-order valence-electron chi connectivity index (χ3n) is 3.37. The van der Waals surface area contributed by atoms with E-state index in [2.05, 4.69) is 0 Å². The molecule has 0 aromatic heterocycles. The van der Waals surface area contributed by atoms with Crippen molar-refractivity contribution in [3.63, 3.8) is 0 Å². The van der Waals surface area contributed by atoms with E-state index in [0.717, 1.165) is 17.7 Å². The first-order valence-electron chi connectivity index (χ1n) is 6.01. The van der Waals surface area contributed by atoms with E-state index in [-0.39, 0.29) is 12.5 Å². The third-order valence-corrected chi connectivity index (χ3v) is 3.37. The van der Waals surface area contributed by atoms with Crippen LogP contribution in [0.2, 0.25) is 0 Å². The summed E-state index contributed by atoms with van der Waals surface area (Å²) in [5, 5.41) is 8.84. The lowest BCUT2D eigenvalue weighted by Gasteiger charge is -2.25. The topological polar surface area (TPSA) is 40.5 Å². The van der Waals surface area contributed by atoms with Crippen LogP contribution in [0.25, 0.3) is 0 Å². The molecule has 0 aliphatic carbocycles. The summed E-state index contributed by atoms with van der Waals surface area (Å²) in [6.07, 6.45) is -3.96. The van der Waals surface area contributed by atoms with E-state index in [9.17, 15) is 18.0 Å². The molecule has 0 saturated carbocycles. The number of likely N-dealkylation sites (N-methyl/N-ethyl adjacent to an activating group) is 1. The van der Waals surface area contributed by atoms with Gasteiger partial charge in [-0.1, -0.05) is 6.07 Å². The van der Waals surface area contributed by atoms with Crippen molar-refractivity contribution >= 4 is 11.7 Å². The Kier molecular flexibility index (Phi) is 3.43. The molecule has 0 fully saturated rings. The Morgan fingerprint density at radius 1 is 1.47 bits per heavy atom. The maximum Gasteiger partial charge on any atom is 0.416 e. The molecule has 1 N–H and O–H groups in total. The van der Waals surface area contributed by atoms with Gasteiger partial charge in [-0.25, -0.2) is 0 Å². The van der Waals surface area contributed by atoms with Crippen molar-refractivity contribution in [3.8, 4) is 0 Å². The predicted molar refractivity (Wildman–Crippen MR) is 64.2 cm³/mol. The van der Waals surface area contributed by atoms with Gasteiger partial charge in [-0.15, -0.1) is 0 Å². The standard InChI is InChI=1S/C13H14F3NO2/c1-2-17-10(7-12(18)19)5-8-3-4-9(6-11(8)17)13(14,15)16/h3-4,6,10H,2,5,7H2,1H3,(H,18,19). The lowest BCUT2D eigenvalue weighted by molar-refractivity contribution is -0.138. The van der Waals surface area contributed by atoms with Gasteiger partial charge in [0.2, 0.25) is 0 Å². The second-order valence-corrected chi connectivity index (χ2v) is 4.58. The van der Waals surface area contributed by atoms with Crippen LogP contribution in [0.4, 0.5) is 18.9 Å². The summed E-state index contributed by atoms with van der Waals surface area (Å²) in [4.78, 5) is 12.5. The number of carboxylic acid groups (broad SMARTS) is 1. The fraction of sp³-hybridized carbons (Fsp3) is 0.462. The van der Waals surface area contributed by atoms with E-state index in [4.69, 9.17) is 5.11 Å². The number of benzene rings is 1. The molecule has 6 heteroatoms. The van der Waals surface area contributed by atoms with Crippen LogP contribution in [0.3, 0.4) is 0 Å². The molecule has 1 aliphatic heterocycles. The molecule has 2 rings (SSSR count). The van der Waals surface area contributed by atoms with Crippen molar-refractivity contribution in [2.45, 2.75) is 32.0 Å². The second kappa shape index (κ2) is 4.75. The predicted octanol–water partition coefficient (Wildman–Crippen LogP) is 2.93. The molecule has 1 aliphatic rings. The maximum atomic E-state index is 12.7. The Hall–Kier alpha value is -1.72. The molecule has 3 nitrogen and oxygen atoms in total. The molecule has 19 heavy (non-hydrogen) atoms. The SMILES string of the molecule is CCN1c2cc(C(F)(F)F)ccc2CC1CC(=O)O. The minimum atomic E-state index is -4.38. The van der Waals surface area contributed by atoms with Gasteiger partial charge in [-0.2, -0.15) is 13.2 Å². The van der Waals surface area contributed by atoms with Crippen LogP contribution in [0.1, 0.15) is 24.5 Å². The van der Waals surface area contributed by atoms with Crippen LogP contribution >= 0.6 is 0 Å². The van der Waals surface area contributed by atoms with Crippen LogP contribution in [0.15, 0.2) is 18.2 Å². The van der Waals surface area contributed by atoms with E-state index in [1.54, 1.807) is 4.90 Å². The largest absolute Gasteiger partial charge is 0.481 e. The summed E-state index contributed by atoms with van der Waals surface area (Å²) in [6.45, 7) is 2.30. The number of anilines is 1. The van der Waals surface area contributed by atoms with E-state index in [0.29, 0.717) is 18.7 Å². The number of halogens is 3. The third kappa shape index (κ3) is 2.67. The molecule has 1 unspecified atom stereocenters. The van der Waals surface area contributed by atoms with E-state index < -0.39 is 17.7 Å². The van der Waals surface area contributed by atoms with Crippen molar-refractivity contribution in [2.75, 3.05) is 11.4 Å². The Morgan fingerprint density at radius 2 is 2.16 bits per heavy atom. The van der Waals surface area contributed by atoms with Gasteiger partial charge >= 0.3 is 12.1 Å². The number of alkyl halides is 3. The van der Waals surface area contributed by atoms with Crippen LogP contribution in [0.5, 0.6) is 0 Å². The maximum absolute atomic E-state index is 12.7. The number of hydrogen-bond donors (Lipinski definition) is 1. The molecule has 1 aromatic carbocycles. The lowest BCUT2D eigenvalue weighted by Crippen LogP contribution is -2.33. The van der Waals surface area contributed by atoms with Crippen molar-refractivity contribution in [3.05, 3.63) is 29.3 Å². The first-order chi connectivity index (χ1) is 8.82. The molecule has 1 aromatic rings. The fourth-order valence-electron chi connectivity index (χ4n) is 2.55. The summed E-state index contributed by atoms with van der Waals surface area (Å²) >= 11 is 0. The second-order valence-electron chi connectivity index (χ2n) is 4.58. The molecule has 0 amide bonds. The molecule has 0 saturated heterocycles. The highest BCUT2D eigenvalue weighted by molar-refractivity contribution is 5.71. The Morgan fingerprint density at radius 3 is 2.68 bits per heavy atom. The number of aliphatic carboxylic acids is 1. The van der Waals surface area contributed by atoms with Crippen molar-refractivity contribution in [1.29, 1.82) is 0 Å². The Bertz CT molecular complexity index is 499. The number of fused-ring (bicyclic) bond motifs is 1.